The topological polar surface area (TPSA) is 96.0 Å². The molecule has 8 nitrogen and oxygen atoms in total. The Bertz CT molecular complexity index is 1450. The fourth-order valence-corrected chi connectivity index (χ4v) is 6.47. The minimum Gasteiger partial charge on any atom is -0.497 e. The largest absolute Gasteiger partial charge is 0.497 e. The molecule has 0 aliphatic heterocycles. The highest BCUT2D eigenvalue weighted by Gasteiger charge is 2.33. The molecule has 0 spiro atoms. The van der Waals surface area contributed by atoms with Gasteiger partial charge in [-0.15, -0.1) is 0 Å². The number of carbonyl (C=O) groups is 2. The van der Waals surface area contributed by atoms with Crippen LogP contribution in [0.25, 0.3) is 0 Å². The lowest BCUT2D eigenvalue weighted by molar-refractivity contribution is -0.139. The van der Waals surface area contributed by atoms with Crippen molar-refractivity contribution in [3.63, 3.8) is 0 Å². The van der Waals surface area contributed by atoms with Gasteiger partial charge in [-0.1, -0.05) is 54.8 Å². The summed E-state index contributed by atoms with van der Waals surface area (Å²) in [6.45, 7) is 5.27. The molecule has 3 aromatic carbocycles. The number of benzene rings is 3. The fourth-order valence-electron chi connectivity index (χ4n) is 5.06. The number of aryl methyl sites for hydroxylation is 2. The summed E-state index contributed by atoms with van der Waals surface area (Å²) in [4.78, 5) is 28.9. The second-order valence-electron chi connectivity index (χ2n) is 10.6. The third-order valence-electron chi connectivity index (χ3n) is 7.72. The second kappa shape index (κ2) is 13.2. The highest BCUT2D eigenvalue weighted by molar-refractivity contribution is 7.92. The number of methoxy groups -OCH3 is 1. The van der Waals surface area contributed by atoms with Gasteiger partial charge in [0.2, 0.25) is 11.8 Å². The van der Waals surface area contributed by atoms with Gasteiger partial charge in [-0.2, -0.15) is 0 Å². The van der Waals surface area contributed by atoms with E-state index in [1.165, 1.54) is 24.1 Å². The van der Waals surface area contributed by atoms with Crippen LogP contribution in [-0.4, -0.2) is 50.9 Å². The molecule has 0 heterocycles. The lowest BCUT2D eigenvalue weighted by Gasteiger charge is -2.33. The summed E-state index contributed by atoms with van der Waals surface area (Å²) in [5.41, 5.74) is 3.19. The van der Waals surface area contributed by atoms with Gasteiger partial charge < -0.3 is 15.0 Å². The van der Waals surface area contributed by atoms with E-state index in [1.54, 1.807) is 43.3 Å². The number of sulfonamides is 1. The Labute approximate surface area is 243 Å². The average Bonchev–Trinajstić information content (AvgIpc) is 3.48. The molecule has 2 amide bonds. The molecule has 1 saturated carbocycles. The Hall–Kier alpha value is -3.85. The molecule has 4 rings (SSSR count). The molecule has 3 aromatic rings. The summed E-state index contributed by atoms with van der Waals surface area (Å²) in [6, 6.07) is 20.0. The quantitative estimate of drug-likeness (QED) is 0.347. The number of ether oxygens (including phenoxy) is 1. The van der Waals surface area contributed by atoms with Gasteiger partial charge in [0.1, 0.15) is 18.3 Å². The van der Waals surface area contributed by atoms with E-state index in [9.17, 15) is 18.0 Å². The number of carbonyl (C=O) groups excluding carboxylic acids is 2. The molecule has 1 unspecified atom stereocenters. The highest BCUT2D eigenvalue weighted by atomic mass is 32.2. The third kappa shape index (κ3) is 7.27. The molecular formula is C32H39N3O5S. The van der Waals surface area contributed by atoms with Crippen molar-refractivity contribution < 1.29 is 22.7 Å². The molecule has 1 N–H and O–H groups in total. The Kier molecular flexibility index (Phi) is 9.70. The van der Waals surface area contributed by atoms with E-state index >= 15 is 0 Å². The van der Waals surface area contributed by atoms with E-state index in [-0.39, 0.29) is 23.4 Å². The minimum atomic E-state index is -4.14. The van der Waals surface area contributed by atoms with Gasteiger partial charge in [-0.3, -0.25) is 13.9 Å². The van der Waals surface area contributed by atoms with E-state index in [4.69, 9.17) is 4.74 Å². The van der Waals surface area contributed by atoms with Crippen LogP contribution in [-0.2, 0) is 26.2 Å². The van der Waals surface area contributed by atoms with Crippen molar-refractivity contribution in [2.45, 2.75) is 70.0 Å². The van der Waals surface area contributed by atoms with Gasteiger partial charge in [0.05, 0.1) is 17.7 Å². The maximum atomic E-state index is 14.1. The maximum Gasteiger partial charge on any atom is 0.264 e. The number of hydrogen-bond donors (Lipinski definition) is 1. The van der Waals surface area contributed by atoms with Gasteiger partial charge in [-0.05, 0) is 81.1 Å². The first-order valence-corrected chi connectivity index (χ1v) is 15.4. The van der Waals surface area contributed by atoms with Gasteiger partial charge in [-0.25, -0.2) is 8.42 Å². The summed E-state index contributed by atoms with van der Waals surface area (Å²) < 4.78 is 34.2. The highest BCUT2D eigenvalue weighted by Crippen LogP contribution is 2.27. The van der Waals surface area contributed by atoms with E-state index in [0.29, 0.717) is 11.4 Å². The molecular weight excluding hydrogens is 538 g/mol. The summed E-state index contributed by atoms with van der Waals surface area (Å²) in [5, 5.41) is 3.10. The molecule has 1 aliphatic carbocycles. The third-order valence-corrected chi connectivity index (χ3v) is 9.51. The first-order chi connectivity index (χ1) is 19.6. The van der Waals surface area contributed by atoms with Crippen LogP contribution in [0.5, 0.6) is 5.75 Å². The molecule has 9 heteroatoms. The average molecular weight is 578 g/mol. The lowest BCUT2D eigenvalue weighted by atomic mass is 10.1. The number of anilines is 1. The van der Waals surface area contributed by atoms with Crippen LogP contribution in [0.15, 0.2) is 77.7 Å². The number of hydrogen-bond acceptors (Lipinski definition) is 5. The van der Waals surface area contributed by atoms with Crippen molar-refractivity contribution in [1.82, 2.24) is 10.2 Å². The van der Waals surface area contributed by atoms with Crippen LogP contribution in [0, 0.1) is 13.8 Å². The number of rotatable bonds is 11. The van der Waals surface area contributed by atoms with E-state index < -0.39 is 28.5 Å². The van der Waals surface area contributed by atoms with Gasteiger partial charge in [0.15, 0.2) is 0 Å². The van der Waals surface area contributed by atoms with Crippen molar-refractivity contribution in [2.24, 2.45) is 0 Å². The van der Waals surface area contributed by atoms with Crippen molar-refractivity contribution in [3.8, 4) is 5.75 Å². The van der Waals surface area contributed by atoms with Crippen LogP contribution >= 0.6 is 0 Å². The van der Waals surface area contributed by atoms with E-state index in [1.807, 2.05) is 38.1 Å². The predicted octanol–water partition coefficient (Wildman–Crippen LogP) is 4.98. The van der Waals surface area contributed by atoms with Crippen LogP contribution in [0.2, 0.25) is 0 Å². The SMILES string of the molecule is COc1ccc(S(=O)(=O)N(CC(=O)N(Cc2ccccc2C)C(C)C(=O)NC2CCCC2)c2ccc(C)cc2)cc1. The zero-order chi connectivity index (χ0) is 29.6. The van der Waals surface area contributed by atoms with Crippen LogP contribution in [0.4, 0.5) is 5.69 Å². The molecule has 0 saturated heterocycles. The summed E-state index contributed by atoms with van der Waals surface area (Å²) >= 11 is 0. The first kappa shape index (κ1) is 30.1. The van der Waals surface area contributed by atoms with Crippen molar-refractivity contribution in [2.75, 3.05) is 18.0 Å². The number of amides is 2. The predicted molar refractivity (Wildman–Crippen MR) is 160 cm³/mol. The zero-order valence-electron chi connectivity index (χ0n) is 24.2. The van der Waals surface area contributed by atoms with Crippen molar-refractivity contribution >= 4 is 27.5 Å². The van der Waals surface area contributed by atoms with Gasteiger partial charge >= 0.3 is 0 Å². The molecule has 218 valence electrons. The molecule has 41 heavy (non-hydrogen) atoms. The first-order valence-electron chi connectivity index (χ1n) is 14.0. The molecule has 0 aromatic heterocycles. The van der Waals surface area contributed by atoms with E-state index in [2.05, 4.69) is 5.32 Å². The smallest absolute Gasteiger partial charge is 0.264 e. The van der Waals surface area contributed by atoms with Crippen molar-refractivity contribution in [3.05, 3.63) is 89.5 Å². The van der Waals surface area contributed by atoms with Gasteiger partial charge in [0.25, 0.3) is 10.0 Å². The Balaban J connectivity index is 1.69. The number of nitrogens with one attached hydrogen (secondary N) is 1. The zero-order valence-corrected chi connectivity index (χ0v) is 25.0. The lowest BCUT2D eigenvalue weighted by Crippen LogP contribution is -2.52. The molecule has 1 atom stereocenters. The van der Waals surface area contributed by atoms with Crippen LogP contribution in [0.3, 0.4) is 0 Å². The standard InChI is InChI=1S/C32H39N3O5S/c1-23-13-15-28(16-14-23)35(41(38,39)30-19-17-29(40-4)18-20-30)22-31(36)34(21-26-10-6-5-9-24(26)2)25(3)32(37)33-27-11-7-8-12-27/h5-6,9-10,13-20,25,27H,7-8,11-12,21-22H2,1-4H3,(H,33,37). The Morgan fingerprint density at radius 1 is 0.951 bits per heavy atom. The minimum absolute atomic E-state index is 0.0316. The second-order valence-corrected chi connectivity index (χ2v) is 12.5. The molecule has 0 bridgehead atoms. The van der Waals surface area contributed by atoms with Crippen LogP contribution < -0.4 is 14.4 Å². The Morgan fingerprint density at radius 3 is 2.20 bits per heavy atom. The van der Waals surface area contributed by atoms with Gasteiger partial charge in [0, 0.05) is 12.6 Å². The van der Waals surface area contributed by atoms with Crippen molar-refractivity contribution in [1.29, 1.82) is 0 Å². The molecule has 1 aliphatic rings. The molecule has 0 radical (unpaired) electrons. The fraction of sp³-hybridized carbons (Fsp3) is 0.375. The normalized spacial score (nSPS) is 14.3. The summed E-state index contributed by atoms with van der Waals surface area (Å²) in [5.74, 6) is -0.188. The Morgan fingerprint density at radius 2 is 1.59 bits per heavy atom. The number of nitrogens with zero attached hydrogens (tertiary/aromatic N) is 2. The van der Waals surface area contributed by atoms with Crippen LogP contribution in [0.1, 0.15) is 49.3 Å². The maximum absolute atomic E-state index is 14.1. The summed E-state index contributed by atoms with van der Waals surface area (Å²) in [6.07, 6.45) is 3.98. The summed E-state index contributed by atoms with van der Waals surface area (Å²) in [7, 11) is -2.63. The monoisotopic (exact) mass is 577 g/mol. The van der Waals surface area contributed by atoms with E-state index in [0.717, 1.165) is 46.7 Å². The molecule has 1 fully saturated rings.